The van der Waals surface area contributed by atoms with Crippen molar-refractivity contribution in [1.29, 1.82) is 0 Å². The third kappa shape index (κ3) is 3.13. The predicted molar refractivity (Wildman–Crippen MR) is 77.0 cm³/mol. The van der Waals surface area contributed by atoms with Crippen LogP contribution in [0.1, 0.15) is 24.6 Å². The highest BCUT2D eigenvalue weighted by molar-refractivity contribution is 5.85. The predicted octanol–water partition coefficient (Wildman–Crippen LogP) is 0.182. The van der Waals surface area contributed by atoms with Crippen molar-refractivity contribution >= 4 is 18.3 Å². The van der Waals surface area contributed by atoms with Crippen molar-refractivity contribution in [3.63, 3.8) is 0 Å². The Morgan fingerprint density at radius 1 is 1.55 bits per heavy atom. The van der Waals surface area contributed by atoms with E-state index < -0.39 is 0 Å². The summed E-state index contributed by atoms with van der Waals surface area (Å²) in [5.41, 5.74) is 2.43. The van der Waals surface area contributed by atoms with E-state index in [4.69, 9.17) is 4.74 Å². The van der Waals surface area contributed by atoms with Crippen molar-refractivity contribution in [3.8, 4) is 0 Å². The Labute approximate surface area is 124 Å². The molecule has 0 spiro atoms. The topological polar surface area (TPSA) is 79.0 Å². The van der Waals surface area contributed by atoms with Gasteiger partial charge in [0.1, 0.15) is 6.04 Å². The molecule has 2 heterocycles. The van der Waals surface area contributed by atoms with Crippen LogP contribution in [0.25, 0.3) is 0 Å². The summed E-state index contributed by atoms with van der Waals surface area (Å²) in [5, 5.41) is 13.4. The van der Waals surface area contributed by atoms with Crippen molar-refractivity contribution in [2.24, 2.45) is 0 Å². The summed E-state index contributed by atoms with van der Waals surface area (Å²) in [6.45, 7) is 3.34. The Hall–Kier alpha value is -1.11. The molecule has 1 aromatic rings. The fraction of sp³-hybridized carbons (Fsp3) is 0.692. The molecule has 1 fully saturated rings. The van der Waals surface area contributed by atoms with Crippen LogP contribution in [0.15, 0.2) is 6.20 Å². The van der Waals surface area contributed by atoms with Crippen LogP contribution < -0.4 is 10.6 Å². The van der Waals surface area contributed by atoms with E-state index in [1.54, 1.807) is 0 Å². The molecule has 0 aromatic carbocycles. The van der Waals surface area contributed by atoms with Gasteiger partial charge >= 0.3 is 0 Å². The van der Waals surface area contributed by atoms with Crippen molar-refractivity contribution < 1.29 is 9.53 Å². The number of H-pyrrole nitrogens is 1. The lowest BCUT2D eigenvalue weighted by Crippen LogP contribution is -2.57. The van der Waals surface area contributed by atoms with Crippen LogP contribution in [0.2, 0.25) is 0 Å². The van der Waals surface area contributed by atoms with Gasteiger partial charge in [-0.2, -0.15) is 5.10 Å². The second-order valence-electron chi connectivity index (χ2n) is 5.33. The normalized spacial score (nSPS) is 29.1. The molecule has 1 aliphatic heterocycles. The molecular formula is C13H21ClN4O2. The average Bonchev–Trinajstić information content (AvgIpc) is 2.86. The summed E-state index contributed by atoms with van der Waals surface area (Å²) in [4.78, 5) is 12.2. The summed E-state index contributed by atoms with van der Waals surface area (Å²) < 4.78 is 5.51. The number of carbonyl (C=O) groups excluding carboxylic acids is 1. The summed E-state index contributed by atoms with van der Waals surface area (Å²) in [6, 6.07) is -0.0342. The molecule has 1 aromatic heterocycles. The monoisotopic (exact) mass is 300 g/mol. The number of aromatic amines is 1. The van der Waals surface area contributed by atoms with Gasteiger partial charge in [-0.15, -0.1) is 12.4 Å². The number of aryl methyl sites for hydroxylation is 1. The highest BCUT2D eigenvalue weighted by atomic mass is 35.5. The van der Waals surface area contributed by atoms with Gasteiger partial charge in [-0.05, 0) is 31.7 Å². The number of aromatic nitrogens is 2. The highest BCUT2D eigenvalue weighted by Crippen LogP contribution is 2.19. The lowest BCUT2D eigenvalue weighted by atomic mass is 9.93. The first kappa shape index (κ1) is 15.3. The summed E-state index contributed by atoms with van der Waals surface area (Å²) in [6.07, 6.45) is 4.56. The van der Waals surface area contributed by atoms with Gasteiger partial charge < -0.3 is 15.4 Å². The maximum Gasteiger partial charge on any atom is 0.240 e. The van der Waals surface area contributed by atoms with Crippen molar-refractivity contribution in [1.82, 2.24) is 20.8 Å². The zero-order valence-electron chi connectivity index (χ0n) is 11.5. The van der Waals surface area contributed by atoms with Gasteiger partial charge in [-0.3, -0.25) is 9.89 Å². The Bertz CT molecular complexity index is 465. The Morgan fingerprint density at radius 3 is 3.20 bits per heavy atom. The first-order valence-corrected chi connectivity index (χ1v) is 6.90. The fourth-order valence-electron chi connectivity index (χ4n) is 2.86. The number of carbonyl (C=O) groups is 1. The van der Waals surface area contributed by atoms with E-state index in [1.165, 1.54) is 11.3 Å². The summed E-state index contributed by atoms with van der Waals surface area (Å²) in [5.74, 6) is 0.0455. The van der Waals surface area contributed by atoms with Crippen LogP contribution in [0.4, 0.5) is 0 Å². The minimum atomic E-state index is -0.237. The Kier molecular flexibility index (Phi) is 5.01. The van der Waals surface area contributed by atoms with E-state index >= 15 is 0 Å². The molecule has 112 valence electrons. The molecule has 0 bridgehead atoms. The van der Waals surface area contributed by atoms with Crippen molar-refractivity contribution in [3.05, 3.63) is 17.5 Å². The van der Waals surface area contributed by atoms with E-state index in [2.05, 4.69) is 20.8 Å². The van der Waals surface area contributed by atoms with Gasteiger partial charge in [-0.25, -0.2) is 0 Å². The van der Waals surface area contributed by atoms with E-state index in [0.717, 1.165) is 25.8 Å². The third-order valence-corrected chi connectivity index (χ3v) is 3.96. The molecule has 20 heavy (non-hydrogen) atoms. The number of fused-ring (bicyclic) bond motifs is 1. The zero-order chi connectivity index (χ0) is 13.2. The number of ether oxygens (including phenoxy) is 1. The molecule has 3 rings (SSSR count). The molecular weight excluding hydrogens is 280 g/mol. The molecule has 7 heteroatoms. The summed E-state index contributed by atoms with van der Waals surface area (Å²) in [7, 11) is 0. The molecule has 0 saturated carbocycles. The molecule has 1 unspecified atom stereocenters. The van der Waals surface area contributed by atoms with E-state index in [0.29, 0.717) is 6.61 Å². The maximum atomic E-state index is 12.2. The lowest BCUT2D eigenvalue weighted by molar-refractivity contribution is -0.129. The molecule has 0 radical (unpaired) electrons. The quantitative estimate of drug-likeness (QED) is 0.728. The molecule has 3 atom stereocenters. The van der Waals surface area contributed by atoms with Crippen LogP contribution in [-0.2, 0) is 22.4 Å². The first-order valence-electron chi connectivity index (χ1n) is 6.90. The fourth-order valence-corrected chi connectivity index (χ4v) is 2.86. The van der Waals surface area contributed by atoms with Crippen LogP contribution in [0.5, 0.6) is 0 Å². The van der Waals surface area contributed by atoms with Crippen molar-refractivity contribution in [2.75, 3.05) is 13.2 Å². The zero-order valence-corrected chi connectivity index (χ0v) is 12.3. The third-order valence-electron chi connectivity index (χ3n) is 3.96. The largest absolute Gasteiger partial charge is 0.375 e. The second-order valence-corrected chi connectivity index (χ2v) is 5.33. The number of nitrogens with one attached hydrogen (secondary N) is 3. The lowest BCUT2D eigenvalue weighted by Gasteiger charge is -2.31. The van der Waals surface area contributed by atoms with Crippen LogP contribution in [0, 0.1) is 0 Å². The standard InChI is InChI=1S/C13H20N4O2.ClH/c1-8-12(14-4-5-19-8)13(18)16-10-2-3-11-9(6-10)7-15-17-11;/h7-8,10,12,14H,2-6H2,1H3,(H,15,17)(H,16,18);1H/t8-,10?,12+;/m1./s1. The Balaban J connectivity index is 0.00000147. The smallest absolute Gasteiger partial charge is 0.240 e. The van der Waals surface area contributed by atoms with Crippen molar-refractivity contribution in [2.45, 2.75) is 44.4 Å². The number of hydrogen-bond acceptors (Lipinski definition) is 4. The number of halogens is 1. The molecule has 2 aliphatic rings. The number of nitrogens with zero attached hydrogens (tertiary/aromatic N) is 1. The highest BCUT2D eigenvalue weighted by Gasteiger charge is 2.30. The van der Waals surface area contributed by atoms with Gasteiger partial charge in [0.05, 0.1) is 18.9 Å². The van der Waals surface area contributed by atoms with E-state index in [1.807, 2.05) is 13.1 Å². The molecule has 1 aliphatic carbocycles. The van der Waals surface area contributed by atoms with E-state index in [-0.39, 0.29) is 36.5 Å². The number of morpholine rings is 1. The summed E-state index contributed by atoms with van der Waals surface area (Å²) >= 11 is 0. The number of amides is 1. The van der Waals surface area contributed by atoms with Crippen LogP contribution in [0.3, 0.4) is 0 Å². The van der Waals surface area contributed by atoms with Gasteiger partial charge in [0, 0.05) is 18.3 Å². The van der Waals surface area contributed by atoms with Crippen LogP contribution in [-0.4, -0.2) is 47.4 Å². The minimum absolute atomic E-state index is 0. The van der Waals surface area contributed by atoms with Gasteiger partial charge in [0.25, 0.3) is 0 Å². The number of rotatable bonds is 2. The van der Waals surface area contributed by atoms with Gasteiger partial charge in [0.2, 0.25) is 5.91 Å². The molecule has 3 N–H and O–H groups in total. The maximum absolute atomic E-state index is 12.2. The molecule has 1 amide bonds. The van der Waals surface area contributed by atoms with E-state index in [9.17, 15) is 4.79 Å². The average molecular weight is 301 g/mol. The Morgan fingerprint density at radius 2 is 2.40 bits per heavy atom. The van der Waals surface area contributed by atoms with Crippen LogP contribution >= 0.6 is 12.4 Å². The molecule has 1 saturated heterocycles. The second kappa shape index (κ2) is 6.56. The SMILES string of the molecule is C[C@H]1OCCN[C@@H]1C(=O)NC1CCc2[nH]ncc2C1.Cl. The minimum Gasteiger partial charge on any atom is -0.375 e. The molecule has 6 nitrogen and oxygen atoms in total. The first-order chi connectivity index (χ1) is 9.24. The van der Waals surface area contributed by atoms with Gasteiger partial charge in [-0.1, -0.05) is 0 Å². The number of hydrogen-bond donors (Lipinski definition) is 3. The van der Waals surface area contributed by atoms with Gasteiger partial charge in [0.15, 0.2) is 0 Å².